The molecule has 4 aliphatic rings. The van der Waals surface area contributed by atoms with E-state index < -0.39 is 17.3 Å². The second kappa shape index (κ2) is 6.03. The van der Waals surface area contributed by atoms with Crippen molar-refractivity contribution in [2.75, 3.05) is 5.84 Å². The number of hydrogen-bond donors (Lipinski definition) is 2. The van der Waals surface area contributed by atoms with E-state index in [0.717, 1.165) is 31.0 Å². The predicted molar refractivity (Wildman–Crippen MR) is 89.5 cm³/mol. The van der Waals surface area contributed by atoms with Crippen LogP contribution in [0.1, 0.15) is 51.3 Å². The highest BCUT2D eigenvalue weighted by Gasteiger charge is 2.51. The Bertz CT molecular complexity index is 684. The highest BCUT2D eigenvalue weighted by atomic mass is 32.2. The summed E-state index contributed by atoms with van der Waals surface area (Å²) in [4.78, 5) is 12.7. The van der Waals surface area contributed by atoms with Crippen LogP contribution >= 0.6 is 11.8 Å². The van der Waals surface area contributed by atoms with Gasteiger partial charge in [-0.1, -0.05) is 11.8 Å². The second-order valence-electron chi connectivity index (χ2n) is 8.12. The number of nitrogens with one attached hydrogen (secondary N) is 1. The van der Waals surface area contributed by atoms with Crippen LogP contribution in [0.15, 0.2) is 5.16 Å². The molecule has 0 aliphatic heterocycles. The molecule has 5 rings (SSSR count). The molecule has 0 spiro atoms. The van der Waals surface area contributed by atoms with Crippen LogP contribution in [0, 0.1) is 17.8 Å². The first-order valence-electron chi connectivity index (χ1n) is 8.91. The van der Waals surface area contributed by atoms with Gasteiger partial charge in [-0.05, 0) is 63.2 Å². The van der Waals surface area contributed by atoms with Crippen LogP contribution in [0.3, 0.4) is 0 Å². The topological polar surface area (TPSA) is 85.8 Å². The molecule has 1 amide bonds. The Morgan fingerprint density at radius 2 is 1.77 bits per heavy atom. The van der Waals surface area contributed by atoms with E-state index in [1.54, 1.807) is 6.92 Å². The number of amides is 1. The standard InChI is InChI=1S/C16H22F3N5OS/c1-8(26-14-23-22-13(24(14)20)16(17,18)19)12(25)21-15-5-9-2-10(6-15)4-11(3-9)7-15/h8-11H,2-7,20H2,1H3,(H,21,25). The maximum Gasteiger partial charge on any atom is 0.453 e. The summed E-state index contributed by atoms with van der Waals surface area (Å²) in [5, 5.41) is 9.07. The highest BCUT2D eigenvalue weighted by Crippen LogP contribution is 2.55. The van der Waals surface area contributed by atoms with Crippen LogP contribution in [0.4, 0.5) is 13.2 Å². The van der Waals surface area contributed by atoms with Gasteiger partial charge in [0.1, 0.15) is 0 Å². The Hall–Kier alpha value is -1.45. The van der Waals surface area contributed by atoms with E-state index in [1.165, 1.54) is 19.3 Å². The summed E-state index contributed by atoms with van der Waals surface area (Å²) in [6.07, 6.45) is 2.21. The van der Waals surface area contributed by atoms with Gasteiger partial charge >= 0.3 is 6.18 Å². The van der Waals surface area contributed by atoms with E-state index in [1.807, 2.05) is 0 Å². The molecule has 0 radical (unpaired) electrons. The lowest BCUT2D eigenvalue weighted by Crippen LogP contribution is -2.60. The average Bonchev–Trinajstić information content (AvgIpc) is 2.86. The lowest BCUT2D eigenvalue weighted by Gasteiger charge is -2.57. The van der Waals surface area contributed by atoms with Crippen molar-refractivity contribution in [1.82, 2.24) is 20.2 Å². The SMILES string of the molecule is CC(Sc1nnc(C(F)(F)F)n1N)C(=O)NC12CC3CC(CC(C3)C1)C2. The number of carbonyl (C=O) groups excluding carboxylic acids is 1. The molecule has 1 aromatic rings. The lowest BCUT2D eigenvalue weighted by molar-refractivity contribution is -0.146. The van der Waals surface area contributed by atoms with Crippen molar-refractivity contribution in [2.45, 2.75) is 67.6 Å². The molecule has 144 valence electrons. The molecule has 1 heterocycles. The van der Waals surface area contributed by atoms with Crippen molar-refractivity contribution in [3.63, 3.8) is 0 Å². The smallest absolute Gasteiger partial charge is 0.350 e. The van der Waals surface area contributed by atoms with Crippen molar-refractivity contribution in [2.24, 2.45) is 17.8 Å². The minimum absolute atomic E-state index is 0.120. The summed E-state index contributed by atoms with van der Waals surface area (Å²) in [7, 11) is 0. The van der Waals surface area contributed by atoms with Crippen LogP contribution in [0.5, 0.6) is 0 Å². The van der Waals surface area contributed by atoms with Crippen molar-refractivity contribution in [3.05, 3.63) is 5.82 Å². The van der Waals surface area contributed by atoms with Gasteiger partial charge in [0.25, 0.3) is 5.82 Å². The fourth-order valence-corrected chi connectivity index (χ4v) is 6.16. The largest absolute Gasteiger partial charge is 0.453 e. The van der Waals surface area contributed by atoms with Crippen LogP contribution in [0.25, 0.3) is 0 Å². The Balaban J connectivity index is 1.42. The zero-order valence-electron chi connectivity index (χ0n) is 14.4. The number of alkyl halides is 3. The van der Waals surface area contributed by atoms with Crippen molar-refractivity contribution >= 4 is 17.7 Å². The first kappa shape index (κ1) is 17.9. The number of thioether (sulfide) groups is 1. The summed E-state index contributed by atoms with van der Waals surface area (Å²) in [5.74, 6) is 6.10. The molecular formula is C16H22F3N5OS. The molecule has 1 atom stereocenters. The third-order valence-electron chi connectivity index (χ3n) is 6.00. The first-order chi connectivity index (χ1) is 12.2. The predicted octanol–water partition coefficient (Wildman–Crippen LogP) is 2.58. The maximum absolute atomic E-state index is 12.8. The lowest BCUT2D eigenvalue weighted by atomic mass is 9.53. The highest BCUT2D eigenvalue weighted by molar-refractivity contribution is 8.00. The second-order valence-corrected chi connectivity index (χ2v) is 9.43. The number of halogens is 3. The molecule has 4 saturated carbocycles. The summed E-state index contributed by atoms with van der Waals surface area (Å²) in [5.41, 5.74) is -0.131. The van der Waals surface area contributed by atoms with Gasteiger partial charge in [0.05, 0.1) is 5.25 Å². The van der Waals surface area contributed by atoms with Gasteiger partial charge in [0.2, 0.25) is 11.1 Å². The van der Waals surface area contributed by atoms with Crippen molar-refractivity contribution in [1.29, 1.82) is 0 Å². The van der Waals surface area contributed by atoms with Crippen molar-refractivity contribution < 1.29 is 18.0 Å². The fourth-order valence-electron chi connectivity index (χ4n) is 5.39. The maximum atomic E-state index is 12.8. The average molecular weight is 389 g/mol. The Morgan fingerprint density at radius 1 is 1.23 bits per heavy atom. The molecule has 6 nitrogen and oxygen atoms in total. The van der Waals surface area contributed by atoms with Crippen molar-refractivity contribution in [3.8, 4) is 0 Å². The Morgan fingerprint density at radius 3 is 2.23 bits per heavy atom. The number of hydrogen-bond acceptors (Lipinski definition) is 5. The van der Waals surface area contributed by atoms with Gasteiger partial charge in [0.15, 0.2) is 0 Å². The normalized spacial score (nSPS) is 34.1. The third kappa shape index (κ3) is 3.16. The number of nitrogens with zero attached hydrogens (tertiary/aromatic N) is 3. The van der Waals surface area contributed by atoms with Crippen LogP contribution in [-0.2, 0) is 11.0 Å². The van der Waals surface area contributed by atoms with Crippen LogP contribution in [-0.4, -0.2) is 31.6 Å². The summed E-state index contributed by atoms with van der Waals surface area (Å²) in [6.45, 7) is 1.66. The molecular weight excluding hydrogens is 367 g/mol. The molecule has 4 fully saturated rings. The molecule has 0 saturated heterocycles. The molecule has 3 N–H and O–H groups in total. The van der Waals surface area contributed by atoms with Crippen LogP contribution < -0.4 is 11.2 Å². The van der Waals surface area contributed by atoms with Gasteiger partial charge in [0, 0.05) is 5.54 Å². The number of carbonyl (C=O) groups is 1. The fraction of sp³-hybridized carbons (Fsp3) is 0.812. The number of nitrogen functional groups attached to an aromatic ring is 1. The zero-order chi connectivity index (χ0) is 18.7. The van der Waals surface area contributed by atoms with E-state index in [2.05, 4.69) is 15.5 Å². The number of aromatic nitrogens is 3. The molecule has 10 heteroatoms. The van der Waals surface area contributed by atoms with Gasteiger partial charge < -0.3 is 11.2 Å². The Labute approximate surface area is 153 Å². The summed E-state index contributed by atoms with van der Waals surface area (Å²) >= 11 is 0.896. The van der Waals surface area contributed by atoms with E-state index in [-0.39, 0.29) is 16.6 Å². The number of rotatable bonds is 4. The van der Waals surface area contributed by atoms with Gasteiger partial charge in [-0.15, -0.1) is 10.2 Å². The molecule has 26 heavy (non-hydrogen) atoms. The van der Waals surface area contributed by atoms with Crippen LogP contribution in [0.2, 0.25) is 0 Å². The first-order valence-corrected chi connectivity index (χ1v) is 9.79. The number of nitrogens with two attached hydrogens (primary N) is 1. The summed E-state index contributed by atoms with van der Waals surface area (Å²) in [6, 6.07) is 0. The molecule has 4 aliphatic carbocycles. The van der Waals surface area contributed by atoms with Gasteiger partial charge in [-0.25, -0.2) is 4.68 Å². The van der Waals surface area contributed by atoms with Gasteiger partial charge in [-0.3, -0.25) is 4.79 Å². The van der Waals surface area contributed by atoms with E-state index in [0.29, 0.717) is 22.4 Å². The molecule has 0 aromatic carbocycles. The third-order valence-corrected chi connectivity index (χ3v) is 7.05. The minimum atomic E-state index is -4.68. The zero-order valence-corrected chi connectivity index (χ0v) is 15.2. The quantitative estimate of drug-likeness (QED) is 0.611. The Kier molecular flexibility index (Phi) is 4.16. The minimum Gasteiger partial charge on any atom is -0.350 e. The molecule has 4 bridgehead atoms. The van der Waals surface area contributed by atoms with E-state index in [9.17, 15) is 18.0 Å². The monoisotopic (exact) mass is 389 g/mol. The molecule has 1 unspecified atom stereocenters. The molecule has 1 aromatic heterocycles. The van der Waals surface area contributed by atoms with Gasteiger partial charge in [-0.2, -0.15) is 13.2 Å². The van der Waals surface area contributed by atoms with E-state index in [4.69, 9.17) is 5.84 Å². The summed E-state index contributed by atoms with van der Waals surface area (Å²) < 4.78 is 38.7. The van der Waals surface area contributed by atoms with E-state index >= 15 is 0 Å².